The number of carboxylic acids is 1. The van der Waals surface area contributed by atoms with E-state index in [1.807, 2.05) is 13.8 Å². The number of aliphatic imine (C=N–C) groups is 1. The largest absolute Gasteiger partial charge is 0.507 e. The van der Waals surface area contributed by atoms with Gasteiger partial charge in [-0.15, -0.1) is 0 Å². The average molecular weight is 235 g/mol. The van der Waals surface area contributed by atoms with Gasteiger partial charge in [-0.3, -0.25) is 4.99 Å². The van der Waals surface area contributed by atoms with E-state index in [2.05, 4.69) is 4.99 Å². The van der Waals surface area contributed by atoms with Crippen LogP contribution in [0.2, 0.25) is 0 Å². The maximum absolute atomic E-state index is 11.0. The van der Waals surface area contributed by atoms with Crippen molar-refractivity contribution >= 4 is 12.2 Å². The van der Waals surface area contributed by atoms with Crippen LogP contribution in [0.5, 0.6) is 5.75 Å². The molecule has 0 saturated heterocycles. The van der Waals surface area contributed by atoms with E-state index >= 15 is 0 Å². The van der Waals surface area contributed by atoms with Crippen LogP contribution in [-0.4, -0.2) is 28.4 Å². The summed E-state index contributed by atoms with van der Waals surface area (Å²) in [6.07, 6.45) is 2.16. The van der Waals surface area contributed by atoms with Gasteiger partial charge in [-0.25, -0.2) is 4.79 Å². The van der Waals surface area contributed by atoms with E-state index in [0.717, 1.165) is 6.42 Å². The molecule has 0 radical (unpaired) electrons. The Morgan fingerprint density at radius 3 is 2.65 bits per heavy atom. The van der Waals surface area contributed by atoms with Crippen LogP contribution in [-0.2, 0) is 4.79 Å². The lowest BCUT2D eigenvalue weighted by molar-refractivity contribution is -0.139. The van der Waals surface area contributed by atoms with Crippen LogP contribution >= 0.6 is 0 Å². The summed E-state index contributed by atoms with van der Waals surface area (Å²) in [7, 11) is 0. The van der Waals surface area contributed by atoms with E-state index in [0.29, 0.717) is 5.56 Å². The van der Waals surface area contributed by atoms with Gasteiger partial charge in [0, 0.05) is 11.8 Å². The van der Waals surface area contributed by atoms with Crippen molar-refractivity contribution in [3.8, 4) is 5.75 Å². The van der Waals surface area contributed by atoms with Crippen molar-refractivity contribution in [3.05, 3.63) is 29.8 Å². The SMILES string of the molecule is CCC(C)[C@H](N=Cc1ccccc1O)C(=O)O. The van der Waals surface area contributed by atoms with Crippen LogP contribution in [0.15, 0.2) is 29.3 Å². The molecule has 1 aromatic rings. The van der Waals surface area contributed by atoms with Gasteiger partial charge in [-0.1, -0.05) is 32.4 Å². The molecule has 1 unspecified atom stereocenters. The smallest absolute Gasteiger partial charge is 0.328 e. The predicted molar refractivity (Wildman–Crippen MR) is 66.6 cm³/mol. The molecular formula is C13H17NO3. The number of carbonyl (C=O) groups is 1. The van der Waals surface area contributed by atoms with Crippen molar-refractivity contribution in [3.63, 3.8) is 0 Å². The van der Waals surface area contributed by atoms with Crippen LogP contribution in [0.1, 0.15) is 25.8 Å². The van der Waals surface area contributed by atoms with E-state index in [4.69, 9.17) is 5.11 Å². The molecule has 0 aliphatic carbocycles. The highest BCUT2D eigenvalue weighted by molar-refractivity contribution is 5.86. The van der Waals surface area contributed by atoms with Crippen LogP contribution < -0.4 is 0 Å². The van der Waals surface area contributed by atoms with Gasteiger partial charge in [-0.2, -0.15) is 0 Å². The second kappa shape index (κ2) is 6.03. The first-order valence-electron chi connectivity index (χ1n) is 5.60. The maximum Gasteiger partial charge on any atom is 0.328 e. The Labute approximate surface area is 101 Å². The number of para-hydroxylation sites is 1. The van der Waals surface area contributed by atoms with Gasteiger partial charge in [0.25, 0.3) is 0 Å². The predicted octanol–water partition coefficient (Wildman–Crippen LogP) is 2.31. The van der Waals surface area contributed by atoms with Crippen molar-refractivity contribution in [1.82, 2.24) is 0 Å². The van der Waals surface area contributed by atoms with Crippen LogP contribution in [0.3, 0.4) is 0 Å². The second-order valence-corrected chi connectivity index (χ2v) is 4.01. The molecule has 0 aliphatic rings. The molecule has 1 aromatic carbocycles. The lowest BCUT2D eigenvalue weighted by atomic mass is 10.00. The first-order chi connectivity index (χ1) is 8.06. The fourth-order valence-electron chi connectivity index (χ4n) is 1.43. The fourth-order valence-corrected chi connectivity index (χ4v) is 1.43. The van der Waals surface area contributed by atoms with Crippen LogP contribution in [0.4, 0.5) is 0 Å². The summed E-state index contributed by atoms with van der Waals surface area (Å²) in [5.41, 5.74) is 0.530. The topological polar surface area (TPSA) is 69.9 Å². The van der Waals surface area contributed by atoms with Crippen LogP contribution in [0, 0.1) is 5.92 Å². The second-order valence-electron chi connectivity index (χ2n) is 4.01. The normalized spacial score (nSPS) is 14.7. The Kier molecular flexibility index (Phi) is 4.69. The van der Waals surface area contributed by atoms with Gasteiger partial charge >= 0.3 is 5.97 Å². The zero-order chi connectivity index (χ0) is 12.8. The first kappa shape index (κ1) is 13.2. The molecule has 0 amide bonds. The zero-order valence-corrected chi connectivity index (χ0v) is 10.00. The summed E-state index contributed by atoms with van der Waals surface area (Å²) in [5.74, 6) is -0.870. The van der Waals surface area contributed by atoms with Gasteiger partial charge in [0.2, 0.25) is 0 Å². The van der Waals surface area contributed by atoms with E-state index in [1.54, 1.807) is 24.3 Å². The van der Waals surface area contributed by atoms with Crippen LogP contribution in [0.25, 0.3) is 0 Å². The Bertz CT molecular complexity index is 415. The number of carboxylic acid groups (broad SMARTS) is 1. The van der Waals surface area contributed by atoms with Crippen molar-refractivity contribution in [2.75, 3.05) is 0 Å². The average Bonchev–Trinajstić information content (AvgIpc) is 2.30. The summed E-state index contributed by atoms with van der Waals surface area (Å²) in [6, 6.07) is 5.94. The highest BCUT2D eigenvalue weighted by Gasteiger charge is 2.21. The molecule has 2 N–H and O–H groups in total. The molecule has 0 aromatic heterocycles. The third-order valence-electron chi connectivity index (χ3n) is 2.75. The molecule has 4 heteroatoms. The van der Waals surface area contributed by atoms with E-state index in [-0.39, 0.29) is 11.7 Å². The summed E-state index contributed by atoms with van der Waals surface area (Å²) in [5, 5.41) is 18.6. The molecule has 1 rings (SSSR count). The highest BCUT2D eigenvalue weighted by atomic mass is 16.4. The maximum atomic E-state index is 11.0. The Morgan fingerprint density at radius 2 is 2.12 bits per heavy atom. The van der Waals surface area contributed by atoms with Gasteiger partial charge in [0.05, 0.1) is 0 Å². The molecule has 0 saturated carbocycles. The number of aliphatic carboxylic acids is 1. The minimum absolute atomic E-state index is 0.0328. The lowest BCUT2D eigenvalue weighted by Crippen LogP contribution is -2.25. The van der Waals surface area contributed by atoms with Gasteiger partial charge < -0.3 is 10.2 Å². The van der Waals surface area contributed by atoms with Gasteiger partial charge in [0.15, 0.2) is 0 Å². The molecule has 17 heavy (non-hydrogen) atoms. The van der Waals surface area contributed by atoms with Crippen molar-refractivity contribution in [2.24, 2.45) is 10.9 Å². The monoisotopic (exact) mass is 235 g/mol. The number of hydrogen-bond donors (Lipinski definition) is 2. The number of aromatic hydroxyl groups is 1. The molecule has 0 fully saturated rings. The number of hydrogen-bond acceptors (Lipinski definition) is 3. The number of nitrogens with zero attached hydrogens (tertiary/aromatic N) is 1. The molecule has 0 heterocycles. The molecule has 0 spiro atoms. The van der Waals surface area contributed by atoms with Crippen molar-refractivity contribution in [2.45, 2.75) is 26.3 Å². The lowest BCUT2D eigenvalue weighted by Gasteiger charge is -2.13. The quantitative estimate of drug-likeness (QED) is 0.769. The molecule has 0 bridgehead atoms. The van der Waals surface area contributed by atoms with E-state index in [1.165, 1.54) is 6.21 Å². The molecule has 4 nitrogen and oxygen atoms in total. The summed E-state index contributed by atoms with van der Waals surface area (Å²) in [4.78, 5) is 15.1. The first-order valence-corrected chi connectivity index (χ1v) is 5.60. The number of benzene rings is 1. The summed E-state index contributed by atoms with van der Waals surface area (Å²) >= 11 is 0. The zero-order valence-electron chi connectivity index (χ0n) is 10.00. The van der Waals surface area contributed by atoms with Crippen molar-refractivity contribution < 1.29 is 15.0 Å². The minimum Gasteiger partial charge on any atom is -0.507 e. The number of phenols is 1. The Hall–Kier alpha value is -1.84. The molecule has 2 atom stereocenters. The molecule has 92 valence electrons. The van der Waals surface area contributed by atoms with E-state index < -0.39 is 12.0 Å². The fraction of sp³-hybridized carbons (Fsp3) is 0.385. The minimum atomic E-state index is -0.939. The van der Waals surface area contributed by atoms with Crippen molar-refractivity contribution in [1.29, 1.82) is 0 Å². The summed E-state index contributed by atoms with van der Waals surface area (Å²) < 4.78 is 0. The van der Waals surface area contributed by atoms with E-state index in [9.17, 15) is 9.90 Å². The highest BCUT2D eigenvalue weighted by Crippen LogP contribution is 2.15. The molecular weight excluding hydrogens is 218 g/mol. The Balaban J connectivity index is 2.87. The van der Waals surface area contributed by atoms with Gasteiger partial charge in [-0.05, 0) is 18.1 Å². The number of phenolic OH excluding ortho intramolecular Hbond substituents is 1. The molecule has 0 aliphatic heterocycles. The third kappa shape index (κ3) is 3.59. The Morgan fingerprint density at radius 1 is 1.47 bits per heavy atom. The third-order valence-corrected chi connectivity index (χ3v) is 2.75. The van der Waals surface area contributed by atoms with Gasteiger partial charge in [0.1, 0.15) is 11.8 Å². The number of rotatable bonds is 5. The summed E-state index contributed by atoms with van der Waals surface area (Å²) in [6.45, 7) is 3.77. The standard InChI is InChI=1S/C13H17NO3/c1-3-9(2)12(13(16)17)14-8-10-6-4-5-7-11(10)15/h4-9,12,15H,3H2,1-2H3,(H,16,17)/t9?,12-/m0/s1.